The Morgan fingerprint density at radius 3 is 2.48 bits per heavy atom. The van der Waals surface area contributed by atoms with Gasteiger partial charge >= 0.3 is 0 Å². The molecule has 7 heteroatoms. The van der Waals surface area contributed by atoms with Crippen LogP contribution in [0.3, 0.4) is 0 Å². The maximum atomic E-state index is 12.2. The Morgan fingerprint density at radius 2 is 2.00 bits per heavy atom. The van der Waals surface area contributed by atoms with Crippen molar-refractivity contribution in [2.45, 2.75) is 51.0 Å². The molecule has 21 heavy (non-hydrogen) atoms. The van der Waals surface area contributed by atoms with Crippen molar-refractivity contribution < 1.29 is 13.2 Å². The molecule has 1 atom stereocenters. The molecule has 0 aromatic heterocycles. The van der Waals surface area contributed by atoms with E-state index in [1.807, 2.05) is 13.8 Å². The van der Waals surface area contributed by atoms with Gasteiger partial charge in [-0.2, -0.15) is 0 Å². The van der Waals surface area contributed by atoms with Crippen LogP contribution in [0, 0.1) is 6.92 Å². The zero-order valence-corrected chi connectivity index (χ0v) is 14.0. The number of hydrogen-bond acceptors (Lipinski definition) is 3. The molecule has 118 valence electrons. The van der Waals surface area contributed by atoms with Crippen LogP contribution in [0.15, 0.2) is 17.0 Å². The summed E-state index contributed by atoms with van der Waals surface area (Å²) in [5.74, 6) is -0.345. The van der Waals surface area contributed by atoms with Crippen molar-refractivity contribution >= 4 is 27.5 Å². The zero-order chi connectivity index (χ0) is 16.2. The third kappa shape index (κ3) is 4.69. The maximum Gasteiger partial charge on any atom is 0.251 e. The lowest BCUT2D eigenvalue weighted by Crippen LogP contribution is -2.34. The predicted octanol–water partition coefficient (Wildman–Crippen LogP) is 2.60. The number of nitrogens with one attached hydrogen (secondary N) is 1. The van der Waals surface area contributed by atoms with Crippen LogP contribution in [0.4, 0.5) is 0 Å². The molecule has 1 unspecified atom stereocenters. The summed E-state index contributed by atoms with van der Waals surface area (Å²) < 4.78 is 23.1. The van der Waals surface area contributed by atoms with Crippen molar-refractivity contribution in [3.8, 4) is 0 Å². The molecule has 0 heterocycles. The van der Waals surface area contributed by atoms with Gasteiger partial charge in [-0.3, -0.25) is 4.79 Å². The van der Waals surface area contributed by atoms with Crippen LogP contribution in [0.2, 0.25) is 5.02 Å². The van der Waals surface area contributed by atoms with E-state index in [4.69, 9.17) is 16.7 Å². The van der Waals surface area contributed by atoms with Crippen LogP contribution in [-0.4, -0.2) is 20.4 Å². The van der Waals surface area contributed by atoms with Crippen LogP contribution in [0.25, 0.3) is 0 Å². The molecular weight excluding hydrogens is 312 g/mol. The van der Waals surface area contributed by atoms with Crippen molar-refractivity contribution in [1.82, 2.24) is 5.32 Å². The molecule has 1 amide bonds. The van der Waals surface area contributed by atoms with Gasteiger partial charge in [0.25, 0.3) is 5.91 Å². The maximum absolute atomic E-state index is 12.2. The van der Waals surface area contributed by atoms with Crippen LogP contribution < -0.4 is 10.5 Å². The van der Waals surface area contributed by atoms with Gasteiger partial charge in [0.2, 0.25) is 10.0 Å². The lowest BCUT2D eigenvalue weighted by molar-refractivity contribution is 0.0933. The number of carbonyl (C=O) groups is 1. The highest BCUT2D eigenvalue weighted by molar-refractivity contribution is 7.89. The molecule has 1 aromatic carbocycles. The third-order valence-corrected chi connectivity index (χ3v) is 4.76. The quantitative estimate of drug-likeness (QED) is 0.839. The van der Waals surface area contributed by atoms with Gasteiger partial charge < -0.3 is 5.32 Å². The van der Waals surface area contributed by atoms with E-state index in [1.165, 1.54) is 12.1 Å². The largest absolute Gasteiger partial charge is 0.349 e. The Hall–Kier alpha value is -1.11. The van der Waals surface area contributed by atoms with E-state index in [0.717, 1.165) is 19.3 Å². The Labute approximate surface area is 130 Å². The second-order valence-electron chi connectivity index (χ2n) is 4.99. The van der Waals surface area contributed by atoms with Crippen LogP contribution >= 0.6 is 11.6 Å². The number of primary sulfonamides is 1. The van der Waals surface area contributed by atoms with E-state index in [2.05, 4.69) is 5.32 Å². The van der Waals surface area contributed by atoms with Crippen LogP contribution in [0.5, 0.6) is 0 Å². The second kappa shape index (κ2) is 7.24. The van der Waals surface area contributed by atoms with E-state index in [-0.39, 0.29) is 27.4 Å². The first kappa shape index (κ1) is 17.9. The lowest BCUT2D eigenvalue weighted by atomic mass is 10.1. The zero-order valence-electron chi connectivity index (χ0n) is 12.4. The normalized spacial score (nSPS) is 13.0. The van der Waals surface area contributed by atoms with E-state index in [0.29, 0.717) is 5.56 Å². The number of hydrogen-bond donors (Lipinski definition) is 2. The molecular formula is C14H21ClN2O3S. The lowest BCUT2D eigenvalue weighted by Gasteiger charge is -2.17. The summed E-state index contributed by atoms with van der Waals surface area (Å²) in [7, 11) is -3.92. The van der Waals surface area contributed by atoms with Crippen LogP contribution in [-0.2, 0) is 10.0 Å². The molecule has 0 spiro atoms. The van der Waals surface area contributed by atoms with Gasteiger partial charge in [0.1, 0.15) is 0 Å². The van der Waals surface area contributed by atoms with Crippen LogP contribution in [0.1, 0.15) is 49.0 Å². The second-order valence-corrected chi connectivity index (χ2v) is 6.93. The van der Waals surface area contributed by atoms with Crippen molar-refractivity contribution in [1.29, 1.82) is 0 Å². The van der Waals surface area contributed by atoms with E-state index in [9.17, 15) is 13.2 Å². The molecule has 0 bridgehead atoms. The summed E-state index contributed by atoms with van der Waals surface area (Å²) in [5.41, 5.74) is 0.542. The minimum Gasteiger partial charge on any atom is -0.349 e. The van der Waals surface area contributed by atoms with Gasteiger partial charge in [0, 0.05) is 16.6 Å². The highest BCUT2D eigenvalue weighted by atomic mass is 35.5. The standard InChI is InChI=1S/C14H21ClN2O3S/c1-4-6-11(5-2)17-14(18)10-7-12(15)9(3)13(8-10)21(16,19)20/h7-8,11H,4-6H2,1-3H3,(H,17,18)(H2,16,19,20). The fourth-order valence-electron chi connectivity index (χ4n) is 2.08. The summed E-state index contributed by atoms with van der Waals surface area (Å²) in [5, 5.41) is 8.23. The van der Waals surface area contributed by atoms with Gasteiger partial charge in [0.05, 0.1) is 4.90 Å². The number of nitrogens with two attached hydrogens (primary N) is 1. The molecule has 0 radical (unpaired) electrons. The Bertz CT molecular complexity index is 629. The Balaban J connectivity index is 3.14. The first-order chi connectivity index (χ1) is 9.70. The van der Waals surface area contributed by atoms with Crippen molar-refractivity contribution in [2.75, 3.05) is 0 Å². The van der Waals surface area contributed by atoms with Crippen molar-refractivity contribution in [3.63, 3.8) is 0 Å². The fraction of sp³-hybridized carbons (Fsp3) is 0.500. The number of sulfonamides is 1. The summed E-state index contributed by atoms with van der Waals surface area (Å²) >= 11 is 6.00. The van der Waals surface area contributed by atoms with E-state index < -0.39 is 10.0 Å². The monoisotopic (exact) mass is 332 g/mol. The molecule has 0 saturated carbocycles. The average molecular weight is 333 g/mol. The third-order valence-electron chi connectivity index (χ3n) is 3.33. The SMILES string of the molecule is CCCC(CC)NC(=O)c1cc(Cl)c(C)c(S(N)(=O)=O)c1. The topological polar surface area (TPSA) is 89.3 Å². The average Bonchev–Trinajstić information content (AvgIpc) is 2.39. The van der Waals surface area contributed by atoms with E-state index >= 15 is 0 Å². The summed E-state index contributed by atoms with van der Waals surface area (Å²) in [6.45, 7) is 5.57. The number of halogens is 1. The molecule has 0 aliphatic carbocycles. The molecule has 0 aliphatic heterocycles. The molecule has 1 aromatic rings. The smallest absolute Gasteiger partial charge is 0.251 e. The summed E-state index contributed by atoms with van der Waals surface area (Å²) in [6, 6.07) is 2.78. The molecule has 1 rings (SSSR count). The summed E-state index contributed by atoms with van der Waals surface area (Å²) in [4.78, 5) is 12.1. The van der Waals surface area contributed by atoms with Gasteiger partial charge in [0.15, 0.2) is 0 Å². The highest BCUT2D eigenvalue weighted by Gasteiger charge is 2.19. The molecule has 5 nitrogen and oxygen atoms in total. The minimum atomic E-state index is -3.92. The first-order valence-corrected chi connectivity index (χ1v) is 8.76. The number of amides is 1. The Morgan fingerprint density at radius 1 is 1.38 bits per heavy atom. The van der Waals surface area contributed by atoms with Gasteiger partial charge in [-0.1, -0.05) is 31.9 Å². The number of rotatable bonds is 6. The number of benzene rings is 1. The van der Waals surface area contributed by atoms with Gasteiger partial charge in [-0.05, 0) is 37.5 Å². The Kier molecular flexibility index (Phi) is 6.19. The predicted molar refractivity (Wildman–Crippen MR) is 84.0 cm³/mol. The van der Waals surface area contributed by atoms with Gasteiger partial charge in [-0.15, -0.1) is 0 Å². The summed E-state index contributed by atoms with van der Waals surface area (Å²) in [6.07, 6.45) is 2.63. The number of carbonyl (C=O) groups excluding carboxylic acids is 1. The fourth-order valence-corrected chi connectivity index (χ4v) is 3.18. The van der Waals surface area contributed by atoms with Crippen molar-refractivity contribution in [2.24, 2.45) is 5.14 Å². The minimum absolute atomic E-state index is 0.0560. The molecule has 3 N–H and O–H groups in total. The van der Waals surface area contributed by atoms with Gasteiger partial charge in [-0.25, -0.2) is 13.6 Å². The highest BCUT2D eigenvalue weighted by Crippen LogP contribution is 2.24. The van der Waals surface area contributed by atoms with E-state index in [1.54, 1.807) is 6.92 Å². The first-order valence-electron chi connectivity index (χ1n) is 6.84. The molecule has 0 saturated heterocycles. The van der Waals surface area contributed by atoms with Crippen molar-refractivity contribution in [3.05, 3.63) is 28.3 Å². The molecule has 0 fully saturated rings. The molecule has 0 aliphatic rings.